The number of carbonyl (C=O) groups is 1. The fourth-order valence-electron chi connectivity index (χ4n) is 1.98. The number of aryl methyl sites for hydroxylation is 2. The lowest BCUT2D eigenvalue weighted by Gasteiger charge is -2.10. The van der Waals surface area contributed by atoms with Crippen molar-refractivity contribution in [1.82, 2.24) is 0 Å². The third kappa shape index (κ3) is 3.61. The van der Waals surface area contributed by atoms with Gasteiger partial charge in [-0.15, -0.1) is 0 Å². The van der Waals surface area contributed by atoms with Crippen molar-refractivity contribution in [2.45, 2.75) is 20.5 Å². The van der Waals surface area contributed by atoms with Crippen LogP contribution in [0.3, 0.4) is 0 Å². The molecule has 2 aromatic carbocycles. The predicted molar refractivity (Wildman–Crippen MR) is 81.3 cm³/mol. The largest absolute Gasteiger partial charge is 0.489 e. The number of ether oxygens (including phenoxy) is 1. The van der Waals surface area contributed by atoms with Crippen LogP contribution in [0.15, 0.2) is 34.8 Å². The Morgan fingerprint density at radius 3 is 2.43 bits per heavy atom. The molecule has 0 heterocycles. The van der Waals surface area contributed by atoms with Gasteiger partial charge in [-0.3, -0.25) is 0 Å². The highest BCUT2D eigenvalue weighted by Crippen LogP contribution is 2.27. The van der Waals surface area contributed by atoms with Gasteiger partial charge >= 0.3 is 5.97 Å². The second-order valence-electron chi connectivity index (χ2n) is 4.78. The summed E-state index contributed by atoms with van der Waals surface area (Å²) >= 11 is 3.48. The van der Waals surface area contributed by atoms with E-state index in [0.29, 0.717) is 11.3 Å². The second kappa shape index (κ2) is 6.26. The summed E-state index contributed by atoms with van der Waals surface area (Å²) in [6.45, 7) is 4.11. The van der Waals surface area contributed by atoms with Crippen molar-refractivity contribution in [1.29, 1.82) is 0 Å². The maximum absolute atomic E-state index is 13.3. The van der Waals surface area contributed by atoms with Crippen LogP contribution >= 0.6 is 15.9 Å². The van der Waals surface area contributed by atoms with Crippen molar-refractivity contribution >= 4 is 21.9 Å². The summed E-state index contributed by atoms with van der Waals surface area (Å²) in [4.78, 5) is 10.9. The first kappa shape index (κ1) is 15.5. The highest BCUT2D eigenvalue weighted by atomic mass is 79.9. The standard InChI is InChI=1S/C16H14BrFO3/c1-9-5-12(6-10(2)15(9)17)21-8-11-3-4-14(18)13(7-11)16(19)20/h3-7H,8H2,1-2H3,(H,19,20). The van der Waals surface area contributed by atoms with Gasteiger partial charge in [0.2, 0.25) is 0 Å². The number of carboxylic acid groups (broad SMARTS) is 1. The molecule has 0 spiro atoms. The molecule has 0 fully saturated rings. The normalized spacial score (nSPS) is 10.5. The van der Waals surface area contributed by atoms with Gasteiger partial charge in [0.1, 0.15) is 18.2 Å². The van der Waals surface area contributed by atoms with Gasteiger partial charge in [-0.2, -0.15) is 0 Å². The summed E-state index contributed by atoms with van der Waals surface area (Å²) < 4.78 is 20.0. The molecule has 0 aliphatic rings. The number of aromatic carboxylic acids is 1. The zero-order valence-corrected chi connectivity index (χ0v) is 13.2. The van der Waals surface area contributed by atoms with E-state index < -0.39 is 11.8 Å². The first-order valence-corrected chi connectivity index (χ1v) is 7.09. The van der Waals surface area contributed by atoms with Crippen LogP contribution in [0.2, 0.25) is 0 Å². The van der Waals surface area contributed by atoms with Crippen LogP contribution in [0.5, 0.6) is 5.75 Å². The summed E-state index contributed by atoms with van der Waals surface area (Å²) in [7, 11) is 0. The molecular formula is C16H14BrFO3. The molecule has 0 atom stereocenters. The van der Waals surface area contributed by atoms with Gasteiger partial charge in [0.25, 0.3) is 0 Å². The summed E-state index contributed by atoms with van der Waals surface area (Å²) in [5.41, 5.74) is 2.36. The average molecular weight is 353 g/mol. The van der Waals surface area contributed by atoms with Gasteiger partial charge in [-0.1, -0.05) is 22.0 Å². The van der Waals surface area contributed by atoms with E-state index in [0.717, 1.165) is 21.7 Å². The Labute approximate surface area is 130 Å². The van der Waals surface area contributed by atoms with E-state index in [1.165, 1.54) is 12.1 Å². The van der Waals surface area contributed by atoms with Crippen molar-refractivity contribution in [3.05, 3.63) is 62.9 Å². The smallest absolute Gasteiger partial charge is 0.338 e. The zero-order valence-electron chi connectivity index (χ0n) is 11.6. The fourth-order valence-corrected chi connectivity index (χ4v) is 2.21. The average Bonchev–Trinajstić information content (AvgIpc) is 2.43. The lowest BCUT2D eigenvalue weighted by molar-refractivity contribution is 0.0691. The number of hydrogen-bond acceptors (Lipinski definition) is 2. The van der Waals surface area contributed by atoms with Crippen LogP contribution in [0.25, 0.3) is 0 Å². The van der Waals surface area contributed by atoms with Crippen LogP contribution in [0, 0.1) is 19.7 Å². The molecule has 0 aromatic heterocycles. The Bertz CT molecular complexity index is 675. The minimum absolute atomic E-state index is 0.182. The predicted octanol–water partition coefficient (Wildman–Crippen LogP) is 4.48. The molecule has 5 heteroatoms. The van der Waals surface area contributed by atoms with E-state index in [2.05, 4.69) is 15.9 Å². The van der Waals surface area contributed by atoms with E-state index in [1.54, 1.807) is 0 Å². The number of hydrogen-bond donors (Lipinski definition) is 1. The van der Waals surface area contributed by atoms with Gasteiger partial charge < -0.3 is 9.84 Å². The molecule has 0 bridgehead atoms. The zero-order chi connectivity index (χ0) is 15.6. The highest BCUT2D eigenvalue weighted by molar-refractivity contribution is 9.10. The number of halogens is 2. The van der Waals surface area contributed by atoms with E-state index in [1.807, 2.05) is 26.0 Å². The monoisotopic (exact) mass is 352 g/mol. The first-order valence-electron chi connectivity index (χ1n) is 6.29. The topological polar surface area (TPSA) is 46.5 Å². The molecule has 110 valence electrons. The molecule has 0 saturated carbocycles. The van der Waals surface area contributed by atoms with Crippen LogP contribution in [-0.4, -0.2) is 11.1 Å². The van der Waals surface area contributed by atoms with Gasteiger partial charge in [0.05, 0.1) is 5.56 Å². The van der Waals surface area contributed by atoms with E-state index >= 15 is 0 Å². The molecule has 3 nitrogen and oxygen atoms in total. The Hall–Kier alpha value is -1.88. The first-order chi connectivity index (χ1) is 9.88. The van der Waals surface area contributed by atoms with Gasteiger partial charge in [0, 0.05) is 4.47 Å². The van der Waals surface area contributed by atoms with Gasteiger partial charge in [0.15, 0.2) is 0 Å². The molecular weight excluding hydrogens is 339 g/mol. The summed E-state index contributed by atoms with van der Waals surface area (Å²) in [5.74, 6) is -1.35. The summed E-state index contributed by atoms with van der Waals surface area (Å²) in [6, 6.07) is 7.72. The third-order valence-corrected chi connectivity index (χ3v) is 4.33. The van der Waals surface area contributed by atoms with Gasteiger partial charge in [-0.05, 0) is 54.8 Å². The SMILES string of the molecule is Cc1cc(OCc2ccc(F)c(C(=O)O)c2)cc(C)c1Br. The second-order valence-corrected chi connectivity index (χ2v) is 5.57. The molecule has 0 amide bonds. The Kier molecular flexibility index (Phi) is 4.63. The van der Waals surface area contributed by atoms with E-state index in [4.69, 9.17) is 9.84 Å². The fraction of sp³-hybridized carbons (Fsp3) is 0.188. The van der Waals surface area contributed by atoms with E-state index in [-0.39, 0.29) is 12.2 Å². The molecule has 2 rings (SSSR count). The maximum atomic E-state index is 13.3. The van der Waals surface area contributed by atoms with Crippen molar-refractivity contribution in [2.75, 3.05) is 0 Å². The Balaban J connectivity index is 2.17. The van der Waals surface area contributed by atoms with Crippen LogP contribution < -0.4 is 4.74 Å². The Morgan fingerprint density at radius 1 is 1.24 bits per heavy atom. The highest BCUT2D eigenvalue weighted by Gasteiger charge is 2.11. The van der Waals surface area contributed by atoms with Crippen LogP contribution in [0.4, 0.5) is 4.39 Å². The Morgan fingerprint density at radius 2 is 1.86 bits per heavy atom. The van der Waals surface area contributed by atoms with Crippen molar-refractivity contribution in [3.63, 3.8) is 0 Å². The lowest BCUT2D eigenvalue weighted by atomic mass is 10.1. The van der Waals surface area contributed by atoms with Crippen molar-refractivity contribution in [2.24, 2.45) is 0 Å². The minimum Gasteiger partial charge on any atom is -0.489 e. The quantitative estimate of drug-likeness (QED) is 0.882. The summed E-state index contributed by atoms with van der Waals surface area (Å²) in [5, 5.41) is 8.89. The van der Waals surface area contributed by atoms with Crippen molar-refractivity contribution < 1.29 is 19.0 Å². The molecule has 0 radical (unpaired) electrons. The lowest BCUT2D eigenvalue weighted by Crippen LogP contribution is -2.03. The van der Waals surface area contributed by atoms with Crippen molar-refractivity contribution in [3.8, 4) is 5.75 Å². The summed E-state index contributed by atoms with van der Waals surface area (Å²) in [6.07, 6.45) is 0. The molecule has 0 aliphatic carbocycles. The van der Waals surface area contributed by atoms with Crippen LogP contribution in [-0.2, 0) is 6.61 Å². The number of carboxylic acids is 1. The van der Waals surface area contributed by atoms with E-state index in [9.17, 15) is 9.18 Å². The molecule has 2 aromatic rings. The number of rotatable bonds is 4. The molecule has 21 heavy (non-hydrogen) atoms. The third-order valence-electron chi connectivity index (χ3n) is 3.08. The minimum atomic E-state index is -1.29. The van der Waals surface area contributed by atoms with Gasteiger partial charge in [-0.25, -0.2) is 9.18 Å². The number of benzene rings is 2. The molecule has 1 N–H and O–H groups in total. The van der Waals surface area contributed by atoms with Crippen LogP contribution in [0.1, 0.15) is 27.0 Å². The molecule has 0 unspecified atom stereocenters. The maximum Gasteiger partial charge on any atom is 0.338 e. The molecule has 0 aliphatic heterocycles. The molecule has 0 saturated heterocycles.